The van der Waals surface area contributed by atoms with Crippen LogP contribution >= 0.6 is 0 Å². The topological polar surface area (TPSA) is 34.1 Å². The molecule has 4 aliphatic rings. The lowest BCUT2D eigenvalue weighted by Gasteiger charge is -2.54. The predicted molar refractivity (Wildman–Crippen MR) is 90.7 cm³/mol. The van der Waals surface area contributed by atoms with Crippen molar-refractivity contribution in [1.29, 1.82) is 0 Å². The Morgan fingerprint density at radius 1 is 1.13 bits per heavy atom. The number of rotatable bonds is 1. The van der Waals surface area contributed by atoms with Crippen molar-refractivity contribution in [3.05, 3.63) is 36.0 Å². The molecule has 0 aliphatic heterocycles. The van der Waals surface area contributed by atoms with Crippen LogP contribution in [0.5, 0.6) is 0 Å². The van der Waals surface area contributed by atoms with E-state index in [9.17, 15) is 9.59 Å². The molecule has 0 spiro atoms. The van der Waals surface area contributed by atoms with Crippen LogP contribution in [0.15, 0.2) is 36.0 Å². The molecule has 0 saturated heterocycles. The molecule has 2 saturated carbocycles. The average molecular weight is 310 g/mol. The molecule has 0 aromatic carbocycles. The number of carbonyl (C=O) groups is 2. The van der Waals surface area contributed by atoms with Crippen LogP contribution in [0, 0.1) is 34.5 Å². The van der Waals surface area contributed by atoms with E-state index in [1.165, 1.54) is 12.0 Å². The van der Waals surface area contributed by atoms with Gasteiger partial charge in [-0.3, -0.25) is 9.59 Å². The second kappa shape index (κ2) is 4.78. The summed E-state index contributed by atoms with van der Waals surface area (Å²) < 4.78 is 0. The predicted octanol–water partition coefficient (Wildman–Crippen LogP) is 4.28. The molecule has 0 heterocycles. The van der Waals surface area contributed by atoms with Crippen molar-refractivity contribution in [2.24, 2.45) is 34.5 Å². The van der Waals surface area contributed by atoms with Gasteiger partial charge < -0.3 is 0 Å². The normalized spacial score (nSPS) is 47.6. The van der Waals surface area contributed by atoms with E-state index in [0.29, 0.717) is 23.5 Å². The Morgan fingerprint density at radius 2 is 1.91 bits per heavy atom. The Bertz CT molecular complexity index is 667. The number of Topliss-reactive ketones (excluding diaryl/α,β-unsaturated/α-hetero) is 1. The van der Waals surface area contributed by atoms with E-state index in [4.69, 9.17) is 0 Å². The molecule has 0 aromatic heterocycles. The van der Waals surface area contributed by atoms with E-state index in [2.05, 4.69) is 32.1 Å². The smallest absolute Gasteiger partial charge is 0.178 e. The highest BCUT2D eigenvalue weighted by Crippen LogP contribution is 2.64. The summed E-state index contributed by atoms with van der Waals surface area (Å²) in [7, 11) is 0. The van der Waals surface area contributed by atoms with E-state index in [1.54, 1.807) is 13.0 Å². The second-order valence-electron chi connectivity index (χ2n) is 8.55. The van der Waals surface area contributed by atoms with Gasteiger partial charge in [0.2, 0.25) is 0 Å². The lowest BCUT2D eigenvalue weighted by Crippen LogP contribution is -2.48. The summed E-state index contributed by atoms with van der Waals surface area (Å²) in [6, 6.07) is 0. The van der Waals surface area contributed by atoms with Crippen LogP contribution in [0.3, 0.4) is 0 Å². The molecule has 0 N–H and O–H groups in total. The highest BCUT2D eigenvalue weighted by atomic mass is 16.1. The SMILES string of the molecule is CC(=O)[C@H]1CCC2[C@@H]3C=CC4=CC(=O)C=C[C@@]4(C)[C@@H]3CC[C@@]21C. The monoisotopic (exact) mass is 310 g/mol. The molecule has 0 radical (unpaired) electrons. The van der Waals surface area contributed by atoms with Crippen molar-refractivity contribution in [2.45, 2.75) is 46.5 Å². The van der Waals surface area contributed by atoms with Gasteiger partial charge in [0.05, 0.1) is 0 Å². The number of fused-ring (bicyclic) bond motifs is 5. The van der Waals surface area contributed by atoms with Gasteiger partial charge >= 0.3 is 0 Å². The number of ketones is 2. The molecule has 2 heteroatoms. The van der Waals surface area contributed by atoms with Crippen molar-refractivity contribution in [2.75, 3.05) is 0 Å². The van der Waals surface area contributed by atoms with E-state index < -0.39 is 0 Å². The van der Waals surface area contributed by atoms with E-state index in [1.807, 2.05) is 6.08 Å². The minimum atomic E-state index is -0.0109. The molecule has 2 fully saturated rings. The van der Waals surface area contributed by atoms with Gasteiger partial charge in [-0.05, 0) is 73.5 Å². The van der Waals surface area contributed by atoms with Crippen molar-refractivity contribution in [1.82, 2.24) is 0 Å². The van der Waals surface area contributed by atoms with E-state index >= 15 is 0 Å². The third kappa shape index (κ3) is 1.93. The minimum Gasteiger partial charge on any atom is -0.300 e. The van der Waals surface area contributed by atoms with Gasteiger partial charge in [-0.2, -0.15) is 0 Å². The van der Waals surface area contributed by atoms with Crippen LogP contribution in [0.2, 0.25) is 0 Å². The number of allylic oxidation sites excluding steroid dienone is 6. The van der Waals surface area contributed by atoms with Crippen LogP contribution in [-0.4, -0.2) is 11.6 Å². The number of carbonyl (C=O) groups excluding carboxylic acids is 2. The Hall–Kier alpha value is -1.44. The summed E-state index contributed by atoms with van der Waals surface area (Å²) in [5.74, 6) is 2.44. The molecule has 1 unspecified atom stereocenters. The fourth-order valence-electron chi connectivity index (χ4n) is 6.32. The van der Waals surface area contributed by atoms with Crippen LogP contribution in [0.4, 0.5) is 0 Å². The maximum absolute atomic E-state index is 12.1. The molecule has 4 aliphatic carbocycles. The molecular weight excluding hydrogens is 284 g/mol. The van der Waals surface area contributed by atoms with Crippen molar-refractivity contribution in [3.8, 4) is 0 Å². The first-order valence-corrected chi connectivity index (χ1v) is 9.00. The molecule has 23 heavy (non-hydrogen) atoms. The van der Waals surface area contributed by atoms with Crippen LogP contribution < -0.4 is 0 Å². The van der Waals surface area contributed by atoms with Crippen LogP contribution in [0.25, 0.3) is 0 Å². The first-order chi connectivity index (χ1) is 10.9. The fraction of sp³-hybridized carbons (Fsp3) is 0.619. The summed E-state index contributed by atoms with van der Waals surface area (Å²) in [6.45, 7) is 6.43. The molecule has 6 atom stereocenters. The highest BCUT2D eigenvalue weighted by Gasteiger charge is 2.58. The minimum absolute atomic E-state index is 0.0109. The second-order valence-corrected chi connectivity index (χ2v) is 8.55. The quantitative estimate of drug-likeness (QED) is 0.724. The van der Waals surface area contributed by atoms with E-state index in [-0.39, 0.29) is 22.5 Å². The fourth-order valence-corrected chi connectivity index (χ4v) is 6.32. The Kier molecular flexibility index (Phi) is 3.14. The third-order valence-electron chi connectivity index (χ3n) is 7.61. The van der Waals surface area contributed by atoms with E-state index in [0.717, 1.165) is 19.3 Å². The maximum atomic E-state index is 12.1. The third-order valence-corrected chi connectivity index (χ3v) is 7.61. The summed E-state index contributed by atoms with van der Waals surface area (Å²) >= 11 is 0. The molecule has 2 nitrogen and oxygen atoms in total. The van der Waals surface area contributed by atoms with Crippen LogP contribution in [0.1, 0.15) is 46.5 Å². The maximum Gasteiger partial charge on any atom is 0.178 e. The molecule has 4 rings (SSSR count). The Labute approximate surface area is 138 Å². The van der Waals surface area contributed by atoms with Gasteiger partial charge in [0, 0.05) is 11.3 Å². The molecule has 0 bridgehead atoms. The lowest BCUT2D eigenvalue weighted by atomic mass is 9.49. The Balaban J connectivity index is 1.74. The van der Waals surface area contributed by atoms with Crippen molar-refractivity contribution >= 4 is 11.6 Å². The molecule has 122 valence electrons. The average Bonchev–Trinajstić information content (AvgIpc) is 2.85. The van der Waals surface area contributed by atoms with Gasteiger partial charge in [0.15, 0.2) is 5.78 Å². The number of hydrogen-bond donors (Lipinski definition) is 0. The summed E-state index contributed by atoms with van der Waals surface area (Å²) in [4.78, 5) is 23.9. The van der Waals surface area contributed by atoms with Gasteiger partial charge in [0.25, 0.3) is 0 Å². The summed E-state index contributed by atoms with van der Waals surface area (Å²) in [5, 5.41) is 0. The van der Waals surface area contributed by atoms with Crippen LogP contribution in [-0.2, 0) is 9.59 Å². The van der Waals surface area contributed by atoms with Gasteiger partial charge in [0.1, 0.15) is 5.78 Å². The first-order valence-electron chi connectivity index (χ1n) is 9.00. The van der Waals surface area contributed by atoms with Crippen molar-refractivity contribution < 1.29 is 9.59 Å². The number of hydrogen-bond acceptors (Lipinski definition) is 2. The Morgan fingerprint density at radius 3 is 2.65 bits per heavy atom. The summed E-state index contributed by atoms with van der Waals surface area (Å²) in [6.07, 6.45) is 14.8. The molecule has 0 aromatic rings. The standard InChI is InChI=1S/C21H26O2/c1-13(22)17-6-7-18-16-5-4-14-12-15(23)8-10-20(14,2)19(16)9-11-21(17,18)3/h4-5,8,10,12,16-19H,6-7,9,11H2,1-3H3/t16-,17+,18?,19+,20+,21+/m0/s1. The molecule has 0 amide bonds. The lowest BCUT2D eigenvalue weighted by molar-refractivity contribution is -0.126. The zero-order valence-corrected chi connectivity index (χ0v) is 14.3. The van der Waals surface area contributed by atoms with Gasteiger partial charge in [-0.15, -0.1) is 0 Å². The zero-order valence-electron chi connectivity index (χ0n) is 14.3. The van der Waals surface area contributed by atoms with Gasteiger partial charge in [-0.1, -0.05) is 32.1 Å². The summed E-state index contributed by atoms with van der Waals surface area (Å²) in [5.41, 5.74) is 1.34. The van der Waals surface area contributed by atoms with Crippen molar-refractivity contribution in [3.63, 3.8) is 0 Å². The zero-order chi connectivity index (χ0) is 16.4. The first kappa shape index (κ1) is 15.1. The highest BCUT2D eigenvalue weighted by molar-refractivity contribution is 6.01. The molecular formula is C21H26O2. The largest absolute Gasteiger partial charge is 0.300 e. The van der Waals surface area contributed by atoms with Gasteiger partial charge in [-0.25, -0.2) is 0 Å².